The van der Waals surface area contributed by atoms with E-state index in [9.17, 15) is 9.59 Å². The van der Waals surface area contributed by atoms with Gasteiger partial charge in [-0.3, -0.25) is 9.59 Å². The third kappa shape index (κ3) is 3.64. The Balaban J connectivity index is 1.60. The lowest BCUT2D eigenvalue weighted by Crippen LogP contribution is -2.51. The number of para-hydroxylation sites is 2. The van der Waals surface area contributed by atoms with Crippen molar-refractivity contribution >= 4 is 17.5 Å². The number of nitrogens with zero attached hydrogens (tertiary/aromatic N) is 3. The molecule has 2 heterocycles. The highest BCUT2D eigenvalue weighted by Crippen LogP contribution is 2.30. The number of hydrogen-bond acceptors (Lipinski definition) is 4. The molecule has 26 heavy (non-hydrogen) atoms. The standard InChI is InChI=1S/C20H29N3O3/c1-20(2,3)23-14-15(13-18(23)24)19(25)22-11-9-21(10-12-22)16-7-5-6-8-17(16)26-4/h5-8,15H,9-14H2,1-4H3/t15-/m1/s1. The zero-order chi connectivity index (χ0) is 18.9. The fraction of sp³-hybridized carbons (Fsp3) is 0.600. The molecule has 6 nitrogen and oxygen atoms in total. The number of benzene rings is 1. The molecule has 2 aliphatic heterocycles. The third-order valence-corrected chi connectivity index (χ3v) is 5.30. The van der Waals surface area contributed by atoms with Crippen LogP contribution in [0.25, 0.3) is 0 Å². The van der Waals surface area contributed by atoms with Gasteiger partial charge in [0.25, 0.3) is 0 Å². The highest BCUT2D eigenvalue weighted by Gasteiger charge is 2.41. The number of rotatable bonds is 3. The normalized spacial score (nSPS) is 21.3. The number of carbonyl (C=O) groups excluding carboxylic acids is 2. The van der Waals surface area contributed by atoms with E-state index in [1.165, 1.54) is 0 Å². The van der Waals surface area contributed by atoms with Crippen molar-refractivity contribution in [1.82, 2.24) is 9.80 Å². The monoisotopic (exact) mass is 359 g/mol. The summed E-state index contributed by atoms with van der Waals surface area (Å²) in [5, 5.41) is 0. The van der Waals surface area contributed by atoms with E-state index < -0.39 is 0 Å². The number of anilines is 1. The summed E-state index contributed by atoms with van der Waals surface area (Å²) in [5.74, 6) is 0.849. The van der Waals surface area contributed by atoms with Gasteiger partial charge in [-0.25, -0.2) is 0 Å². The number of piperazine rings is 1. The molecule has 0 unspecified atom stereocenters. The van der Waals surface area contributed by atoms with Crippen LogP contribution >= 0.6 is 0 Å². The van der Waals surface area contributed by atoms with Gasteiger partial charge in [0.1, 0.15) is 5.75 Å². The van der Waals surface area contributed by atoms with Crippen molar-refractivity contribution in [3.63, 3.8) is 0 Å². The van der Waals surface area contributed by atoms with Gasteiger partial charge in [-0.15, -0.1) is 0 Å². The Hall–Kier alpha value is -2.24. The molecule has 0 bridgehead atoms. The van der Waals surface area contributed by atoms with Crippen LogP contribution in [0.1, 0.15) is 27.2 Å². The molecular formula is C20H29N3O3. The van der Waals surface area contributed by atoms with E-state index in [2.05, 4.69) is 4.90 Å². The molecule has 1 aromatic rings. The van der Waals surface area contributed by atoms with Gasteiger partial charge in [0, 0.05) is 44.7 Å². The fourth-order valence-electron chi connectivity index (χ4n) is 3.84. The minimum Gasteiger partial charge on any atom is -0.495 e. The lowest BCUT2D eigenvalue weighted by atomic mass is 10.1. The lowest BCUT2D eigenvalue weighted by molar-refractivity contribution is -0.136. The highest BCUT2D eigenvalue weighted by atomic mass is 16.5. The van der Waals surface area contributed by atoms with Crippen molar-refractivity contribution in [2.24, 2.45) is 5.92 Å². The summed E-state index contributed by atoms with van der Waals surface area (Å²) in [4.78, 5) is 31.1. The molecule has 0 N–H and O–H groups in total. The molecule has 1 atom stereocenters. The Morgan fingerprint density at radius 3 is 2.35 bits per heavy atom. The van der Waals surface area contributed by atoms with Crippen LogP contribution in [0.3, 0.4) is 0 Å². The molecule has 0 aliphatic carbocycles. The molecule has 0 spiro atoms. The maximum Gasteiger partial charge on any atom is 0.228 e. The van der Waals surface area contributed by atoms with Gasteiger partial charge in [-0.05, 0) is 32.9 Å². The zero-order valence-electron chi connectivity index (χ0n) is 16.2. The summed E-state index contributed by atoms with van der Waals surface area (Å²) in [6.45, 7) is 9.49. The first-order valence-corrected chi connectivity index (χ1v) is 9.28. The van der Waals surface area contributed by atoms with E-state index in [-0.39, 0.29) is 23.3 Å². The molecule has 142 valence electrons. The molecule has 0 saturated carbocycles. The van der Waals surface area contributed by atoms with Crippen LogP contribution in [0.5, 0.6) is 5.75 Å². The zero-order valence-corrected chi connectivity index (χ0v) is 16.2. The second-order valence-corrected chi connectivity index (χ2v) is 8.06. The second-order valence-electron chi connectivity index (χ2n) is 8.06. The molecule has 2 fully saturated rings. The van der Waals surface area contributed by atoms with Gasteiger partial charge < -0.3 is 19.4 Å². The van der Waals surface area contributed by atoms with Crippen LogP contribution in [-0.2, 0) is 9.59 Å². The van der Waals surface area contributed by atoms with Crippen molar-refractivity contribution in [2.75, 3.05) is 44.7 Å². The molecular weight excluding hydrogens is 330 g/mol. The summed E-state index contributed by atoms with van der Waals surface area (Å²) in [5.41, 5.74) is 0.839. The van der Waals surface area contributed by atoms with E-state index in [1.807, 2.05) is 54.8 Å². The number of amides is 2. The fourth-order valence-corrected chi connectivity index (χ4v) is 3.84. The third-order valence-electron chi connectivity index (χ3n) is 5.30. The minimum absolute atomic E-state index is 0.0866. The van der Waals surface area contributed by atoms with E-state index in [0.717, 1.165) is 24.5 Å². The van der Waals surface area contributed by atoms with Gasteiger partial charge in [-0.2, -0.15) is 0 Å². The smallest absolute Gasteiger partial charge is 0.228 e. The molecule has 0 aromatic heterocycles. The number of hydrogen-bond donors (Lipinski definition) is 0. The topological polar surface area (TPSA) is 53.1 Å². The van der Waals surface area contributed by atoms with E-state index in [0.29, 0.717) is 26.1 Å². The van der Waals surface area contributed by atoms with E-state index >= 15 is 0 Å². The Morgan fingerprint density at radius 2 is 1.77 bits per heavy atom. The first-order valence-electron chi connectivity index (χ1n) is 9.28. The summed E-state index contributed by atoms with van der Waals surface area (Å²) < 4.78 is 5.44. The van der Waals surface area contributed by atoms with Gasteiger partial charge in [0.2, 0.25) is 11.8 Å². The second kappa shape index (κ2) is 7.17. The molecule has 2 saturated heterocycles. The number of methoxy groups -OCH3 is 1. The van der Waals surface area contributed by atoms with Crippen LogP contribution in [0, 0.1) is 5.92 Å². The van der Waals surface area contributed by atoms with Crippen molar-refractivity contribution < 1.29 is 14.3 Å². The predicted molar refractivity (Wildman–Crippen MR) is 101 cm³/mol. The Labute approximate surface area is 155 Å². The maximum absolute atomic E-state index is 12.9. The summed E-state index contributed by atoms with van der Waals surface area (Å²) in [7, 11) is 1.68. The first kappa shape index (κ1) is 18.5. The van der Waals surface area contributed by atoms with Crippen molar-refractivity contribution in [3.05, 3.63) is 24.3 Å². The molecule has 3 rings (SSSR count). The predicted octanol–water partition coefficient (Wildman–Crippen LogP) is 1.99. The van der Waals surface area contributed by atoms with Crippen molar-refractivity contribution in [2.45, 2.75) is 32.7 Å². The van der Waals surface area contributed by atoms with Crippen LogP contribution in [-0.4, -0.2) is 67.0 Å². The average Bonchev–Trinajstić information content (AvgIpc) is 3.03. The van der Waals surface area contributed by atoms with Crippen LogP contribution in [0.2, 0.25) is 0 Å². The van der Waals surface area contributed by atoms with E-state index in [1.54, 1.807) is 7.11 Å². The number of carbonyl (C=O) groups is 2. The Morgan fingerprint density at radius 1 is 1.12 bits per heavy atom. The average molecular weight is 359 g/mol. The molecule has 0 radical (unpaired) electrons. The van der Waals surface area contributed by atoms with Crippen molar-refractivity contribution in [1.29, 1.82) is 0 Å². The van der Waals surface area contributed by atoms with E-state index in [4.69, 9.17) is 4.74 Å². The first-order chi connectivity index (χ1) is 12.3. The largest absolute Gasteiger partial charge is 0.495 e. The van der Waals surface area contributed by atoms with Gasteiger partial charge >= 0.3 is 0 Å². The minimum atomic E-state index is -0.228. The summed E-state index contributed by atoms with van der Waals surface area (Å²) >= 11 is 0. The van der Waals surface area contributed by atoms with Crippen molar-refractivity contribution in [3.8, 4) is 5.75 Å². The molecule has 1 aromatic carbocycles. The maximum atomic E-state index is 12.9. The summed E-state index contributed by atoms with van der Waals surface area (Å²) in [6.07, 6.45) is 0.336. The molecule has 6 heteroatoms. The lowest BCUT2D eigenvalue weighted by Gasteiger charge is -2.38. The molecule has 2 aliphatic rings. The summed E-state index contributed by atoms with van der Waals surface area (Å²) in [6, 6.07) is 7.96. The quantitative estimate of drug-likeness (QED) is 0.828. The van der Waals surface area contributed by atoms with Crippen LogP contribution in [0.4, 0.5) is 5.69 Å². The molecule has 2 amide bonds. The number of likely N-dealkylation sites (tertiary alicyclic amines) is 1. The van der Waals surface area contributed by atoms with Crippen LogP contribution in [0.15, 0.2) is 24.3 Å². The highest BCUT2D eigenvalue weighted by molar-refractivity contribution is 5.89. The van der Waals surface area contributed by atoms with Gasteiger partial charge in [0.15, 0.2) is 0 Å². The van der Waals surface area contributed by atoms with Crippen LogP contribution < -0.4 is 9.64 Å². The van der Waals surface area contributed by atoms with Gasteiger partial charge in [0.05, 0.1) is 18.7 Å². The Bertz CT molecular complexity index is 675. The van der Waals surface area contributed by atoms with Gasteiger partial charge in [-0.1, -0.05) is 12.1 Å². The Kier molecular flexibility index (Phi) is 5.12. The number of ether oxygens (including phenoxy) is 1. The SMILES string of the molecule is COc1ccccc1N1CCN(C(=O)[C@@H]2CC(=O)N(C(C)(C)C)C2)CC1.